The van der Waals surface area contributed by atoms with Crippen molar-refractivity contribution in [2.24, 2.45) is 5.92 Å². The number of halogens is 3. The lowest BCUT2D eigenvalue weighted by molar-refractivity contribution is -0.137. The van der Waals surface area contributed by atoms with Crippen molar-refractivity contribution in [3.8, 4) is 0 Å². The Bertz CT molecular complexity index is 1150. The molecule has 1 saturated heterocycles. The molecule has 1 fully saturated rings. The first-order valence-electron chi connectivity index (χ1n) is 11.0. The molecule has 0 unspecified atom stereocenters. The number of para-hydroxylation sites is 2. The zero-order valence-corrected chi connectivity index (χ0v) is 18.2. The third-order valence-electron chi connectivity index (χ3n) is 6.08. The van der Waals surface area contributed by atoms with E-state index in [9.17, 15) is 22.8 Å². The number of fused-ring (bicyclic) bond motifs is 1. The van der Waals surface area contributed by atoms with Gasteiger partial charge in [-0.25, -0.2) is 4.98 Å². The molecule has 1 aliphatic heterocycles. The standard InChI is InChI=1S/C24H25F3N4O2/c1-2-31-20-6-4-3-5-19(20)29-21(31)15-28-22(32)16-11-13-30(14-12-16)23(33)17-7-9-18(10-8-17)24(25,26)27/h3-10,16H,2,11-15H2,1H3,(H,28,32). The molecule has 174 valence electrons. The van der Waals surface area contributed by atoms with E-state index in [1.54, 1.807) is 4.90 Å². The first-order valence-corrected chi connectivity index (χ1v) is 11.0. The molecule has 6 nitrogen and oxygen atoms in total. The zero-order chi connectivity index (χ0) is 23.6. The molecule has 33 heavy (non-hydrogen) atoms. The fourth-order valence-electron chi connectivity index (χ4n) is 4.25. The fraction of sp³-hybridized carbons (Fsp3) is 0.375. The lowest BCUT2D eigenvalue weighted by Gasteiger charge is -2.31. The van der Waals surface area contributed by atoms with Gasteiger partial charge in [0, 0.05) is 31.1 Å². The SMILES string of the molecule is CCn1c(CNC(=O)C2CCN(C(=O)c3ccc(C(F)(F)F)cc3)CC2)nc2ccccc21. The smallest absolute Gasteiger partial charge is 0.349 e. The van der Waals surface area contributed by atoms with Crippen molar-refractivity contribution in [3.63, 3.8) is 0 Å². The van der Waals surface area contributed by atoms with Gasteiger partial charge in [0.1, 0.15) is 5.82 Å². The Morgan fingerprint density at radius 3 is 2.36 bits per heavy atom. The number of piperidine rings is 1. The minimum Gasteiger partial charge on any atom is -0.349 e. The van der Waals surface area contributed by atoms with Gasteiger partial charge in [-0.1, -0.05) is 12.1 Å². The second-order valence-corrected chi connectivity index (χ2v) is 8.12. The molecule has 0 aliphatic carbocycles. The van der Waals surface area contributed by atoms with Crippen LogP contribution in [0.3, 0.4) is 0 Å². The van der Waals surface area contributed by atoms with E-state index in [1.165, 1.54) is 12.1 Å². The van der Waals surface area contributed by atoms with Gasteiger partial charge >= 0.3 is 6.18 Å². The topological polar surface area (TPSA) is 67.2 Å². The molecule has 2 amide bonds. The van der Waals surface area contributed by atoms with E-state index in [4.69, 9.17) is 0 Å². The summed E-state index contributed by atoms with van der Waals surface area (Å²) in [5.74, 6) is 0.175. The normalized spacial score (nSPS) is 15.1. The van der Waals surface area contributed by atoms with E-state index in [0.717, 1.165) is 35.5 Å². The maximum atomic E-state index is 12.7. The summed E-state index contributed by atoms with van der Waals surface area (Å²) in [6, 6.07) is 12.0. The van der Waals surface area contributed by atoms with Crippen LogP contribution in [0.5, 0.6) is 0 Å². The molecule has 2 aromatic carbocycles. The van der Waals surface area contributed by atoms with Gasteiger partial charge in [0.2, 0.25) is 5.91 Å². The van der Waals surface area contributed by atoms with Crippen molar-refractivity contribution >= 4 is 22.8 Å². The van der Waals surface area contributed by atoms with E-state index in [1.807, 2.05) is 31.2 Å². The minimum atomic E-state index is -4.44. The van der Waals surface area contributed by atoms with Gasteiger partial charge in [0.15, 0.2) is 0 Å². The average Bonchev–Trinajstić information content (AvgIpc) is 3.19. The van der Waals surface area contributed by atoms with Crippen LogP contribution in [0, 0.1) is 5.92 Å². The number of benzene rings is 2. The van der Waals surface area contributed by atoms with Crippen molar-refractivity contribution in [3.05, 3.63) is 65.5 Å². The maximum absolute atomic E-state index is 12.7. The highest BCUT2D eigenvalue weighted by Gasteiger charge is 2.31. The lowest BCUT2D eigenvalue weighted by atomic mass is 9.95. The lowest BCUT2D eigenvalue weighted by Crippen LogP contribution is -2.43. The van der Waals surface area contributed by atoms with Crippen molar-refractivity contribution < 1.29 is 22.8 Å². The van der Waals surface area contributed by atoms with Gasteiger partial charge in [-0.3, -0.25) is 9.59 Å². The summed E-state index contributed by atoms with van der Waals surface area (Å²) in [6.45, 7) is 3.86. The first kappa shape index (κ1) is 22.8. The van der Waals surface area contributed by atoms with Crippen LogP contribution in [-0.2, 0) is 24.1 Å². The Morgan fingerprint density at radius 1 is 1.06 bits per heavy atom. The number of rotatable bonds is 5. The Balaban J connectivity index is 1.31. The number of nitrogens with zero attached hydrogens (tertiary/aromatic N) is 3. The van der Waals surface area contributed by atoms with E-state index < -0.39 is 11.7 Å². The van der Waals surface area contributed by atoms with E-state index in [-0.39, 0.29) is 23.3 Å². The Kier molecular flexibility index (Phi) is 6.40. The van der Waals surface area contributed by atoms with Crippen molar-refractivity contribution in [2.45, 2.75) is 39.0 Å². The number of alkyl halides is 3. The maximum Gasteiger partial charge on any atom is 0.416 e. The summed E-state index contributed by atoms with van der Waals surface area (Å²) in [5, 5.41) is 2.97. The highest BCUT2D eigenvalue weighted by atomic mass is 19.4. The van der Waals surface area contributed by atoms with Crippen LogP contribution in [0.15, 0.2) is 48.5 Å². The largest absolute Gasteiger partial charge is 0.416 e. The minimum absolute atomic E-state index is 0.0775. The van der Waals surface area contributed by atoms with Crippen LogP contribution in [-0.4, -0.2) is 39.4 Å². The third-order valence-corrected chi connectivity index (χ3v) is 6.08. The Morgan fingerprint density at radius 2 is 1.73 bits per heavy atom. The Hall–Kier alpha value is -3.36. The molecule has 3 aromatic rings. The zero-order valence-electron chi connectivity index (χ0n) is 18.2. The number of carbonyl (C=O) groups excluding carboxylic acids is 2. The van der Waals surface area contributed by atoms with Gasteiger partial charge in [-0.15, -0.1) is 0 Å². The van der Waals surface area contributed by atoms with Crippen molar-refractivity contribution in [1.29, 1.82) is 0 Å². The highest BCUT2D eigenvalue weighted by molar-refractivity contribution is 5.94. The van der Waals surface area contributed by atoms with Crippen LogP contribution in [0.4, 0.5) is 13.2 Å². The molecule has 1 N–H and O–H groups in total. The predicted octanol–water partition coefficient (Wildman–Crippen LogP) is 4.24. The molecular weight excluding hydrogens is 433 g/mol. The van der Waals surface area contributed by atoms with Crippen molar-refractivity contribution in [1.82, 2.24) is 19.8 Å². The van der Waals surface area contributed by atoms with Crippen LogP contribution in [0.25, 0.3) is 11.0 Å². The first-order chi connectivity index (χ1) is 15.8. The van der Waals surface area contributed by atoms with Crippen molar-refractivity contribution in [2.75, 3.05) is 13.1 Å². The molecular formula is C24H25F3N4O2. The molecule has 2 heterocycles. The average molecular weight is 458 g/mol. The number of likely N-dealkylation sites (tertiary alicyclic amines) is 1. The quantitative estimate of drug-likeness (QED) is 0.622. The monoisotopic (exact) mass is 458 g/mol. The summed E-state index contributed by atoms with van der Waals surface area (Å²) in [5.41, 5.74) is 1.34. The number of imidazole rings is 1. The van der Waals surface area contributed by atoms with E-state index in [2.05, 4.69) is 14.9 Å². The number of amides is 2. The van der Waals surface area contributed by atoms with Crippen LogP contribution < -0.4 is 5.32 Å². The van der Waals surface area contributed by atoms with Crippen LogP contribution in [0.1, 0.15) is 41.5 Å². The number of aryl methyl sites for hydroxylation is 1. The summed E-state index contributed by atoms with van der Waals surface area (Å²) >= 11 is 0. The van der Waals surface area contributed by atoms with Gasteiger partial charge in [-0.2, -0.15) is 13.2 Å². The third kappa shape index (κ3) is 4.86. The molecule has 9 heteroatoms. The van der Waals surface area contributed by atoms with E-state index in [0.29, 0.717) is 32.5 Å². The summed E-state index contributed by atoms with van der Waals surface area (Å²) in [4.78, 5) is 31.5. The number of hydrogen-bond donors (Lipinski definition) is 1. The van der Waals surface area contributed by atoms with E-state index >= 15 is 0 Å². The molecule has 0 radical (unpaired) electrons. The summed E-state index contributed by atoms with van der Waals surface area (Å²) < 4.78 is 40.2. The summed E-state index contributed by atoms with van der Waals surface area (Å²) in [6.07, 6.45) is -3.43. The second kappa shape index (κ2) is 9.25. The van der Waals surface area contributed by atoms with Gasteiger partial charge < -0.3 is 14.8 Å². The van der Waals surface area contributed by atoms with Crippen LogP contribution >= 0.6 is 0 Å². The molecule has 4 rings (SSSR count). The van der Waals surface area contributed by atoms with Gasteiger partial charge in [0.25, 0.3) is 5.91 Å². The second-order valence-electron chi connectivity index (χ2n) is 8.12. The number of carbonyl (C=O) groups is 2. The molecule has 0 bridgehead atoms. The van der Waals surface area contributed by atoms with Crippen LogP contribution in [0.2, 0.25) is 0 Å². The fourth-order valence-corrected chi connectivity index (χ4v) is 4.25. The molecule has 1 aliphatic rings. The van der Waals surface area contributed by atoms with Gasteiger partial charge in [-0.05, 0) is 56.2 Å². The van der Waals surface area contributed by atoms with Gasteiger partial charge in [0.05, 0.1) is 23.1 Å². The number of aromatic nitrogens is 2. The summed E-state index contributed by atoms with van der Waals surface area (Å²) in [7, 11) is 0. The predicted molar refractivity (Wildman–Crippen MR) is 117 cm³/mol. The molecule has 0 saturated carbocycles. The molecule has 0 atom stereocenters. The highest BCUT2D eigenvalue weighted by Crippen LogP contribution is 2.29. The Labute approximate surface area is 189 Å². The number of hydrogen-bond acceptors (Lipinski definition) is 3. The number of nitrogens with one attached hydrogen (secondary N) is 1. The molecule has 1 aromatic heterocycles. The molecule has 0 spiro atoms.